The van der Waals surface area contributed by atoms with Gasteiger partial charge in [-0.15, -0.1) is 11.3 Å². The van der Waals surface area contributed by atoms with Gasteiger partial charge in [0.15, 0.2) is 0 Å². The molecule has 0 nitrogen and oxygen atoms in total. The van der Waals surface area contributed by atoms with Crippen LogP contribution in [0.2, 0.25) is 0 Å². The van der Waals surface area contributed by atoms with Gasteiger partial charge in [0, 0.05) is 20.2 Å². The summed E-state index contributed by atoms with van der Waals surface area (Å²) < 4.78 is 3.01. The fourth-order valence-corrected chi connectivity index (χ4v) is 5.16. The number of unbranched alkanes of at least 4 members (excludes halogenated alkanes) is 3. The second-order valence-electron chi connectivity index (χ2n) is 7.12. The monoisotopic (exact) mass is 338 g/mol. The first-order chi connectivity index (χ1) is 11.7. The van der Waals surface area contributed by atoms with Gasteiger partial charge in [0.25, 0.3) is 0 Å². The molecule has 0 aliphatic rings. The van der Waals surface area contributed by atoms with Crippen LogP contribution in [0, 0.1) is 13.8 Å². The van der Waals surface area contributed by atoms with Gasteiger partial charge in [0.1, 0.15) is 0 Å². The second kappa shape index (κ2) is 7.70. The standard InChI is InChI=1S/C23H30S/c1-5-7-8-9-11-19-13-15-21-20-14-12-18(10-6-2)16(3)22(20)24-23(21)17(19)4/h12-15H,5-11H2,1-4H3. The van der Waals surface area contributed by atoms with Crippen LogP contribution in [0.25, 0.3) is 20.2 Å². The third-order valence-corrected chi connectivity index (χ3v) is 6.81. The molecule has 1 aromatic heterocycles. The zero-order chi connectivity index (χ0) is 17.1. The van der Waals surface area contributed by atoms with Crippen molar-refractivity contribution < 1.29 is 0 Å². The van der Waals surface area contributed by atoms with Gasteiger partial charge in [-0.25, -0.2) is 0 Å². The molecule has 0 saturated heterocycles. The van der Waals surface area contributed by atoms with Crippen LogP contribution in [0.4, 0.5) is 0 Å². The van der Waals surface area contributed by atoms with E-state index in [1.807, 2.05) is 11.3 Å². The Morgan fingerprint density at radius 2 is 1.25 bits per heavy atom. The van der Waals surface area contributed by atoms with Crippen molar-refractivity contribution in [3.05, 3.63) is 46.5 Å². The molecule has 0 atom stereocenters. The summed E-state index contributed by atoms with van der Waals surface area (Å²) in [5, 5.41) is 2.91. The Bertz CT molecular complexity index is 838. The predicted molar refractivity (Wildman–Crippen MR) is 111 cm³/mol. The van der Waals surface area contributed by atoms with Crippen molar-refractivity contribution in [3.63, 3.8) is 0 Å². The Labute approximate surface area is 150 Å². The lowest BCUT2D eigenvalue weighted by molar-refractivity contribution is 0.666. The first-order valence-corrected chi connectivity index (χ1v) is 10.4. The van der Waals surface area contributed by atoms with Gasteiger partial charge in [-0.2, -0.15) is 0 Å². The molecule has 0 amide bonds. The van der Waals surface area contributed by atoms with Gasteiger partial charge in [-0.05, 0) is 55.4 Å². The van der Waals surface area contributed by atoms with E-state index < -0.39 is 0 Å². The molecule has 128 valence electrons. The van der Waals surface area contributed by atoms with E-state index in [9.17, 15) is 0 Å². The molecule has 0 radical (unpaired) electrons. The van der Waals surface area contributed by atoms with Gasteiger partial charge >= 0.3 is 0 Å². The van der Waals surface area contributed by atoms with E-state index in [2.05, 4.69) is 52.0 Å². The van der Waals surface area contributed by atoms with Crippen LogP contribution in [-0.2, 0) is 12.8 Å². The quantitative estimate of drug-likeness (QED) is 0.386. The van der Waals surface area contributed by atoms with Crippen molar-refractivity contribution in [2.24, 2.45) is 0 Å². The molecule has 0 aliphatic heterocycles. The van der Waals surface area contributed by atoms with Crippen LogP contribution < -0.4 is 0 Å². The molecule has 1 heterocycles. The second-order valence-corrected chi connectivity index (χ2v) is 8.14. The van der Waals surface area contributed by atoms with Crippen molar-refractivity contribution in [3.8, 4) is 0 Å². The van der Waals surface area contributed by atoms with Gasteiger partial charge < -0.3 is 0 Å². The average molecular weight is 339 g/mol. The Balaban J connectivity index is 2.01. The molecule has 0 N–H and O–H groups in total. The van der Waals surface area contributed by atoms with Crippen LogP contribution in [0.15, 0.2) is 24.3 Å². The zero-order valence-electron chi connectivity index (χ0n) is 15.7. The highest BCUT2D eigenvalue weighted by Gasteiger charge is 2.13. The summed E-state index contributed by atoms with van der Waals surface area (Å²) in [5.41, 5.74) is 6.09. The molecule has 0 saturated carbocycles. The fourth-order valence-electron chi connectivity index (χ4n) is 3.81. The smallest absolute Gasteiger partial charge is 0.0387 e. The molecular weight excluding hydrogens is 308 g/mol. The minimum Gasteiger partial charge on any atom is -0.135 e. The molecule has 3 rings (SSSR count). The molecule has 0 spiro atoms. The highest BCUT2D eigenvalue weighted by molar-refractivity contribution is 7.26. The Kier molecular flexibility index (Phi) is 5.61. The first-order valence-electron chi connectivity index (χ1n) is 9.60. The van der Waals surface area contributed by atoms with E-state index in [4.69, 9.17) is 0 Å². The zero-order valence-corrected chi connectivity index (χ0v) is 16.5. The highest BCUT2D eigenvalue weighted by Crippen LogP contribution is 2.39. The van der Waals surface area contributed by atoms with E-state index in [1.54, 1.807) is 5.56 Å². The molecule has 2 aromatic carbocycles. The molecule has 0 aliphatic carbocycles. The lowest BCUT2D eigenvalue weighted by Crippen LogP contribution is -1.90. The van der Waals surface area contributed by atoms with E-state index in [1.165, 1.54) is 81.8 Å². The van der Waals surface area contributed by atoms with E-state index in [-0.39, 0.29) is 0 Å². The summed E-state index contributed by atoms with van der Waals surface area (Å²) in [6.07, 6.45) is 9.01. The Hall–Kier alpha value is -1.34. The van der Waals surface area contributed by atoms with Crippen LogP contribution in [0.3, 0.4) is 0 Å². The normalized spacial score (nSPS) is 11.7. The molecule has 0 fully saturated rings. The molecule has 0 bridgehead atoms. The van der Waals surface area contributed by atoms with E-state index >= 15 is 0 Å². The van der Waals surface area contributed by atoms with Crippen molar-refractivity contribution in [1.29, 1.82) is 0 Å². The SMILES string of the molecule is CCCCCCc1ccc2c(sc3c(C)c(CCC)ccc32)c1C. The third-order valence-electron chi connectivity index (χ3n) is 5.35. The fraction of sp³-hybridized carbons (Fsp3) is 0.478. The van der Waals surface area contributed by atoms with E-state index in [0.717, 1.165) is 0 Å². The maximum Gasteiger partial charge on any atom is 0.0387 e. The van der Waals surface area contributed by atoms with Gasteiger partial charge in [0.2, 0.25) is 0 Å². The summed E-state index contributed by atoms with van der Waals surface area (Å²) in [6.45, 7) is 9.19. The Morgan fingerprint density at radius 3 is 1.79 bits per heavy atom. The first kappa shape index (κ1) is 17.5. The number of rotatable bonds is 7. The van der Waals surface area contributed by atoms with Gasteiger partial charge in [-0.1, -0.05) is 63.8 Å². The molecule has 24 heavy (non-hydrogen) atoms. The van der Waals surface area contributed by atoms with Crippen LogP contribution in [0.1, 0.15) is 68.2 Å². The number of hydrogen-bond acceptors (Lipinski definition) is 1. The number of benzene rings is 2. The molecule has 0 unspecified atom stereocenters. The van der Waals surface area contributed by atoms with Crippen LogP contribution >= 0.6 is 11.3 Å². The number of thiophene rings is 1. The van der Waals surface area contributed by atoms with Crippen LogP contribution in [0.5, 0.6) is 0 Å². The lowest BCUT2D eigenvalue weighted by atomic mass is 9.97. The summed E-state index contributed by atoms with van der Waals surface area (Å²) >= 11 is 2.01. The maximum atomic E-state index is 2.38. The van der Waals surface area contributed by atoms with Gasteiger partial charge in [-0.3, -0.25) is 0 Å². The molecular formula is C23H30S. The van der Waals surface area contributed by atoms with Crippen molar-refractivity contribution in [2.75, 3.05) is 0 Å². The van der Waals surface area contributed by atoms with Crippen molar-refractivity contribution >= 4 is 31.5 Å². The summed E-state index contributed by atoms with van der Waals surface area (Å²) in [6, 6.07) is 9.45. The lowest BCUT2D eigenvalue weighted by Gasteiger charge is -2.07. The topological polar surface area (TPSA) is 0 Å². The maximum absolute atomic E-state index is 2.38. The molecule has 1 heteroatoms. The minimum absolute atomic E-state index is 1.19. The molecule has 3 aromatic rings. The third kappa shape index (κ3) is 3.24. The summed E-state index contributed by atoms with van der Waals surface area (Å²) in [5.74, 6) is 0. The van der Waals surface area contributed by atoms with E-state index in [0.29, 0.717) is 0 Å². The van der Waals surface area contributed by atoms with Crippen molar-refractivity contribution in [2.45, 2.75) is 72.6 Å². The predicted octanol–water partition coefficient (Wildman–Crippen LogP) is 7.75. The Morgan fingerprint density at radius 1 is 0.667 bits per heavy atom. The summed E-state index contributed by atoms with van der Waals surface area (Å²) in [7, 11) is 0. The number of hydrogen-bond donors (Lipinski definition) is 0. The average Bonchev–Trinajstić information content (AvgIpc) is 2.96. The number of aryl methyl sites for hydroxylation is 4. The largest absolute Gasteiger partial charge is 0.135 e. The van der Waals surface area contributed by atoms with Crippen LogP contribution in [-0.4, -0.2) is 0 Å². The summed E-state index contributed by atoms with van der Waals surface area (Å²) in [4.78, 5) is 0. The number of fused-ring (bicyclic) bond motifs is 3. The highest BCUT2D eigenvalue weighted by atomic mass is 32.1. The van der Waals surface area contributed by atoms with Gasteiger partial charge in [0.05, 0.1) is 0 Å². The van der Waals surface area contributed by atoms with Crippen molar-refractivity contribution in [1.82, 2.24) is 0 Å². The minimum atomic E-state index is 1.19.